The van der Waals surface area contributed by atoms with Crippen molar-refractivity contribution in [1.29, 1.82) is 0 Å². The van der Waals surface area contributed by atoms with E-state index in [1.54, 1.807) is 13.0 Å². The molecule has 1 atom stereocenters. The van der Waals surface area contributed by atoms with E-state index in [9.17, 15) is 9.50 Å². The normalized spacial score (nSPS) is 14.6. The van der Waals surface area contributed by atoms with Gasteiger partial charge in [-0.2, -0.15) is 0 Å². The number of nitrogens with two attached hydrogens (primary N) is 1. The highest BCUT2D eigenvalue weighted by Crippen LogP contribution is 2.20. The molecule has 0 saturated carbocycles. The maximum absolute atomic E-state index is 13.5. The molecule has 1 aromatic carbocycles. The van der Waals surface area contributed by atoms with Gasteiger partial charge in [-0.05, 0) is 31.0 Å². The quantitative estimate of drug-likeness (QED) is 0.806. The van der Waals surface area contributed by atoms with Crippen LogP contribution in [0.25, 0.3) is 0 Å². The van der Waals surface area contributed by atoms with E-state index in [0.717, 1.165) is 0 Å². The lowest BCUT2D eigenvalue weighted by Crippen LogP contribution is -2.31. The van der Waals surface area contributed by atoms with E-state index in [1.807, 2.05) is 6.92 Å². The summed E-state index contributed by atoms with van der Waals surface area (Å²) in [5.41, 5.74) is 5.17. The van der Waals surface area contributed by atoms with Gasteiger partial charge in [0, 0.05) is 6.54 Å². The minimum Gasteiger partial charge on any atom is -0.488 e. The Labute approximate surface area is 95.0 Å². The molecule has 0 saturated heterocycles. The minimum atomic E-state index is -0.932. The van der Waals surface area contributed by atoms with Crippen LogP contribution in [-0.4, -0.2) is 17.3 Å². The van der Waals surface area contributed by atoms with Gasteiger partial charge in [-0.15, -0.1) is 0 Å². The standard InChI is InChI=1S/C12H18FNO2/c1-3-12(2,15)8-16-11-5-4-9(7-14)6-10(11)13/h4-6,15H,3,7-8,14H2,1-2H3. The first-order valence-electron chi connectivity index (χ1n) is 5.32. The number of hydrogen-bond acceptors (Lipinski definition) is 3. The van der Waals surface area contributed by atoms with Gasteiger partial charge in [0.2, 0.25) is 0 Å². The van der Waals surface area contributed by atoms with Crippen molar-refractivity contribution in [3.8, 4) is 5.75 Å². The van der Waals surface area contributed by atoms with Crippen LogP contribution in [-0.2, 0) is 6.54 Å². The number of rotatable bonds is 5. The summed E-state index contributed by atoms with van der Waals surface area (Å²) in [4.78, 5) is 0. The first kappa shape index (κ1) is 12.9. The highest BCUT2D eigenvalue weighted by molar-refractivity contribution is 5.29. The molecule has 0 aliphatic carbocycles. The second kappa shape index (κ2) is 5.27. The molecule has 3 nitrogen and oxygen atoms in total. The van der Waals surface area contributed by atoms with Crippen molar-refractivity contribution >= 4 is 0 Å². The third-order valence-electron chi connectivity index (χ3n) is 2.53. The molecule has 1 aromatic rings. The summed E-state index contributed by atoms with van der Waals surface area (Å²) >= 11 is 0. The number of benzene rings is 1. The van der Waals surface area contributed by atoms with E-state index >= 15 is 0 Å². The molecule has 0 amide bonds. The fraction of sp³-hybridized carbons (Fsp3) is 0.500. The predicted octanol–water partition coefficient (Wildman–Crippen LogP) is 1.82. The zero-order chi connectivity index (χ0) is 12.2. The van der Waals surface area contributed by atoms with Crippen molar-refractivity contribution in [1.82, 2.24) is 0 Å². The Morgan fingerprint density at radius 2 is 2.19 bits per heavy atom. The molecule has 16 heavy (non-hydrogen) atoms. The lowest BCUT2D eigenvalue weighted by molar-refractivity contribution is 0.00733. The highest BCUT2D eigenvalue weighted by atomic mass is 19.1. The van der Waals surface area contributed by atoms with E-state index in [2.05, 4.69) is 0 Å². The van der Waals surface area contributed by atoms with Crippen LogP contribution in [0, 0.1) is 5.82 Å². The van der Waals surface area contributed by atoms with Crippen LogP contribution < -0.4 is 10.5 Å². The molecule has 1 unspecified atom stereocenters. The first-order valence-corrected chi connectivity index (χ1v) is 5.32. The topological polar surface area (TPSA) is 55.5 Å². The van der Waals surface area contributed by atoms with Crippen molar-refractivity contribution in [3.63, 3.8) is 0 Å². The zero-order valence-corrected chi connectivity index (χ0v) is 9.66. The predicted molar refractivity (Wildman–Crippen MR) is 60.7 cm³/mol. The van der Waals surface area contributed by atoms with Crippen molar-refractivity contribution in [2.24, 2.45) is 5.73 Å². The zero-order valence-electron chi connectivity index (χ0n) is 9.66. The maximum atomic E-state index is 13.5. The molecule has 0 fully saturated rings. The monoisotopic (exact) mass is 227 g/mol. The van der Waals surface area contributed by atoms with E-state index in [1.165, 1.54) is 12.1 Å². The Bertz CT molecular complexity index is 353. The lowest BCUT2D eigenvalue weighted by Gasteiger charge is -2.21. The Morgan fingerprint density at radius 3 is 2.69 bits per heavy atom. The Hall–Kier alpha value is -1.13. The second-order valence-corrected chi connectivity index (χ2v) is 4.11. The number of halogens is 1. The molecule has 1 rings (SSSR count). The summed E-state index contributed by atoms with van der Waals surface area (Å²) in [6, 6.07) is 4.58. The van der Waals surface area contributed by atoms with E-state index in [4.69, 9.17) is 10.5 Å². The van der Waals surface area contributed by atoms with Gasteiger partial charge in [0.1, 0.15) is 6.61 Å². The van der Waals surface area contributed by atoms with Crippen LogP contribution in [0.5, 0.6) is 5.75 Å². The Morgan fingerprint density at radius 1 is 1.50 bits per heavy atom. The van der Waals surface area contributed by atoms with Crippen LogP contribution >= 0.6 is 0 Å². The molecule has 0 radical (unpaired) electrons. The summed E-state index contributed by atoms with van der Waals surface area (Å²) in [5.74, 6) is -0.305. The second-order valence-electron chi connectivity index (χ2n) is 4.11. The van der Waals surface area contributed by atoms with E-state index < -0.39 is 11.4 Å². The molecular formula is C12H18FNO2. The van der Waals surface area contributed by atoms with Crippen molar-refractivity contribution in [2.45, 2.75) is 32.4 Å². The fourth-order valence-corrected chi connectivity index (χ4v) is 1.12. The molecule has 0 heterocycles. The number of hydrogen-bond donors (Lipinski definition) is 2. The highest BCUT2D eigenvalue weighted by Gasteiger charge is 2.19. The molecule has 90 valence electrons. The van der Waals surface area contributed by atoms with Gasteiger partial charge in [0.05, 0.1) is 5.60 Å². The number of aliphatic hydroxyl groups is 1. The van der Waals surface area contributed by atoms with E-state index in [-0.39, 0.29) is 12.4 Å². The minimum absolute atomic E-state index is 0.0718. The van der Waals surface area contributed by atoms with Crippen LogP contribution in [0.1, 0.15) is 25.8 Å². The molecule has 3 N–H and O–H groups in total. The van der Waals surface area contributed by atoms with Gasteiger partial charge in [-0.1, -0.05) is 13.0 Å². The van der Waals surface area contributed by atoms with Crippen LogP contribution in [0.4, 0.5) is 4.39 Å². The van der Waals surface area contributed by atoms with Gasteiger partial charge < -0.3 is 15.6 Å². The molecule has 0 bridgehead atoms. The van der Waals surface area contributed by atoms with Gasteiger partial charge in [-0.25, -0.2) is 4.39 Å². The molecule has 0 aromatic heterocycles. The fourth-order valence-electron chi connectivity index (χ4n) is 1.12. The SMILES string of the molecule is CCC(C)(O)COc1ccc(CN)cc1F. The molecule has 0 aliphatic rings. The maximum Gasteiger partial charge on any atom is 0.165 e. The molecule has 0 aliphatic heterocycles. The average molecular weight is 227 g/mol. The molecular weight excluding hydrogens is 209 g/mol. The summed E-state index contributed by atoms with van der Waals surface area (Å²) in [7, 11) is 0. The number of ether oxygens (including phenoxy) is 1. The average Bonchev–Trinajstić information content (AvgIpc) is 2.27. The van der Waals surface area contributed by atoms with Crippen LogP contribution in [0.15, 0.2) is 18.2 Å². The lowest BCUT2D eigenvalue weighted by atomic mass is 10.1. The first-order chi connectivity index (χ1) is 7.48. The van der Waals surface area contributed by atoms with Crippen LogP contribution in [0.3, 0.4) is 0 Å². The molecule has 4 heteroatoms. The Kier molecular flexibility index (Phi) is 4.26. The third-order valence-corrected chi connectivity index (χ3v) is 2.53. The Balaban J connectivity index is 2.68. The molecule has 0 spiro atoms. The van der Waals surface area contributed by atoms with Crippen molar-refractivity contribution in [2.75, 3.05) is 6.61 Å². The van der Waals surface area contributed by atoms with Gasteiger partial charge >= 0.3 is 0 Å². The third kappa shape index (κ3) is 3.47. The summed E-state index contributed by atoms with van der Waals surface area (Å²) in [5, 5.41) is 9.71. The van der Waals surface area contributed by atoms with E-state index in [0.29, 0.717) is 18.5 Å². The van der Waals surface area contributed by atoms with Crippen LogP contribution in [0.2, 0.25) is 0 Å². The smallest absolute Gasteiger partial charge is 0.165 e. The van der Waals surface area contributed by atoms with Gasteiger partial charge in [-0.3, -0.25) is 0 Å². The largest absolute Gasteiger partial charge is 0.488 e. The van der Waals surface area contributed by atoms with Crippen molar-refractivity contribution in [3.05, 3.63) is 29.6 Å². The summed E-state index contributed by atoms with van der Waals surface area (Å²) in [6.07, 6.45) is 0.551. The summed E-state index contributed by atoms with van der Waals surface area (Å²) < 4.78 is 18.7. The van der Waals surface area contributed by atoms with Gasteiger partial charge in [0.25, 0.3) is 0 Å². The van der Waals surface area contributed by atoms with Gasteiger partial charge in [0.15, 0.2) is 11.6 Å². The van der Waals surface area contributed by atoms with Crippen molar-refractivity contribution < 1.29 is 14.2 Å². The summed E-state index contributed by atoms with van der Waals surface area (Å²) in [6.45, 7) is 3.86.